The Morgan fingerprint density at radius 1 is 0.897 bits per heavy atom. The molecule has 1 heterocycles. The van der Waals surface area contributed by atoms with Crippen molar-refractivity contribution in [2.24, 2.45) is 0 Å². The van der Waals surface area contributed by atoms with Crippen LogP contribution in [0.3, 0.4) is 0 Å². The zero-order valence-corrected chi connectivity index (χ0v) is 16.3. The van der Waals surface area contributed by atoms with E-state index >= 15 is 0 Å². The maximum atomic E-state index is 14.3. The summed E-state index contributed by atoms with van der Waals surface area (Å²) in [5, 5.41) is 0.108. The van der Waals surface area contributed by atoms with Gasteiger partial charge in [-0.3, -0.25) is 4.90 Å². The Hall–Kier alpha value is -2.97. The lowest BCUT2D eigenvalue weighted by Gasteiger charge is -2.36. The number of rotatable bonds is 3. The van der Waals surface area contributed by atoms with Crippen molar-refractivity contribution >= 4 is 39.0 Å². The summed E-state index contributed by atoms with van der Waals surface area (Å²) in [6.07, 6.45) is 0. The van der Waals surface area contributed by atoms with Crippen molar-refractivity contribution in [3.8, 4) is 0 Å². The predicted molar refractivity (Wildman–Crippen MR) is 105 cm³/mol. The van der Waals surface area contributed by atoms with E-state index in [0.717, 1.165) is 17.0 Å². The highest BCUT2D eigenvalue weighted by molar-refractivity contribution is 7.94. The first kappa shape index (κ1) is 19.4. The summed E-state index contributed by atoms with van der Waals surface area (Å²) < 4.78 is 54.5. The smallest absolute Gasteiger partial charge is 0.287 e. The second kappa shape index (κ2) is 7.13. The molecule has 29 heavy (non-hydrogen) atoms. The average molecular weight is 435 g/mol. The molecule has 0 radical (unpaired) electrons. The van der Waals surface area contributed by atoms with Crippen LogP contribution in [0.4, 0.5) is 25.0 Å². The lowest BCUT2D eigenvalue weighted by atomic mass is 10.2. The fourth-order valence-electron chi connectivity index (χ4n) is 3.13. The van der Waals surface area contributed by atoms with Crippen LogP contribution in [0.2, 0.25) is 5.02 Å². The largest absolute Gasteiger partial charge is 0.343 e. The molecule has 2 amide bonds. The maximum Gasteiger partial charge on any atom is 0.343 e. The molecule has 1 aliphatic rings. The van der Waals surface area contributed by atoms with Crippen LogP contribution in [-0.4, -0.2) is 14.4 Å². The molecule has 9 heteroatoms. The second-order valence-corrected chi connectivity index (χ2v) is 8.44. The molecule has 3 aromatic rings. The number of hydrogen-bond donors (Lipinski definition) is 0. The zero-order chi connectivity index (χ0) is 20.8. The lowest BCUT2D eigenvalue weighted by molar-refractivity contribution is 0.253. The molecule has 0 N–H and O–H groups in total. The SMILES string of the molecule is O=C1N(Cc2c(F)cccc2Cl)c2ccccc2S(=O)(=O)N1c1ccc(F)cc1. The molecule has 0 spiro atoms. The number of fused-ring (bicyclic) bond motifs is 1. The molecule has 5 nitrogen and oxygen atoms in total. The quantitative estimate of drug-likeness (QED) is 0.585. The van der Waals surface area contributed by atoms with E-state index in [1.54, 1.807) is 6.07 Å². The van der Waals surface area contributed by atoms with Crippen LogP contribution >= 0.6 is 11.6 Å². The van der Waals surface area contributed by atoms with Gasteiger partial charge in [0.25, 0.3) is 10.0 Å². The Labute approximate surface area is 170 Å². The first-order valence-corrected chi connectivity index (χ1v) is 10.3. The molecule has 0 aliphatic carbocycles. The summed E-state index contributed by atoms with van der Waals surface area (Å²) in [4.78, 5) is 14.2. The molecular formula is C20H13ClF2N2O3S. The second-order valence-electron chi connectivity index (χ2n) is 6.28. The first-order chi connectivity index (χ1) is 13.8. The van der Waals surface area contributed by atoms with Crippen LogP contribution in [0.5, 0.6) is 0 Å². The zero-order valence-electron chi connectivity index (χ0n) is 14.7. The van der Waals surface area contributed by atoms with Crippen molar-refractivity contribution in [1.29, 1.82) is 0 Å². The lowest BCUT2D eigenvalue weighted by Crippen LogP contribution is -2.50. The summed E-state index contributed by atoms with van der Waals surface area (Å²) in [7, 11) is -4.25. The van der Waals surface area contributed by atoms with Gasteiger partial charge in [0, 0.05) is 10.6 Å². The van der Waals surface area contributed by atoms with Crippen LogP contribution in [0.25, 0.3) is 0 Å². The van der Waals surface area contributed by atoms with Crippen LogP contribution in [0, 0.1) is 11.6 Å². The van der Waals surface area contributed by atoms with Gasteiger partial charge in [-0.2, -0.15) is 4.31 Å². The Balaban J connectivity index is 1.89. The van der Waals surface area contributed by atoms with Gasteiger partial charge in [-0.15, -0.1) is 0 Å². The highest BCUT2D eigenvalue weighted by Crippen LogP contribution is 2.38. The standard InChI is InChI=1S/C20H13ClF2N2O3S/c21-16-4-3-5-17(23)15(16)12-24-18-6-1-2-7-19(18)29(27,28)25(20(24)26)14-10-8-13(22)9-11-14/h1-11H,12H2. The Kier molecular flexibility index (Phi) is 4.76. The molecular weight excluding hydrogens is 422 g/mol. The van der Waals surface area contributed by atoms with Gasteiger partial charge in [-0.05, 0) is 48.5 Å². The van der Waals surface area contributed by atoms with Crippen LogP contribution in [0.15, 0.2) is 71.6 Å². The minimum absolute atomic E-state index is 0.0319. The van der Waals surface area contributed by atoms with Crippen molar-refractivity contribution in [1.82, 2.24) is 0 Å². The van der Waals surface area contributed by atoms with E-state index in [0.29, 0.717) is 4.31 Å². The molecule has 3 aromatic carbocycles. The Morgan fingerprint density at radius 2 is 1.59 bits per heavy atom. The van der Waals surface area contributed by atoms with Crippen molar-refractivity contribution in [2.75, 3.05) is 9.21 Å². The third-order valence-corrected chi connectivity index (χ3v) is 6.62. The minimum Gasteiger partial charge on any atom is -0.287 e. The van der Waals surface area contributed by atoms with Gasteiger partial charge >= 0.3 is 6.03 Å². The maximum absolute atomic E-state index is 14.3. The number of nitrogens with zero attached hydrogens (tertiary/aromatic N) is 2. The summed E-state index contributed by atoms with van der Waals surface area (Å²) in [5.41, 5.74) is 0.126. The van der Waals surface area contributed by atoms with Crippen molar-refractivity contribution in [2.45, 2.75) is 11.4 Å². The van der Waals surface area contributed by atoms with E-state index in [9.17, 15) is 22.0 Å². The van der Waals surface area contributed by atoms with Gasteiger partial charge in [0.2, 0.25) is 0 Å². The van der Waals surface area contributed by atoms with E-state index in [2.05, 4.69) is 0 Å². The van der Waals surface area contributed by atoms with Crippen LogP contribution in [-0.2, 0) is 16.6 Å². The van der Waals surface area contributed by atoms with Gasteiger partial charge in [0.05, 0.1) is 17.9 Å². The molecule has 0 aromatic heterocycles. The fourth-order valence-corrected chi connectivity index (χ4v) is 4.95. The molecule has 0 bridgehead atoms. The van der Waals surface area contributed by atoms with Gasteiger partial charge < -0.3 is 0 Å². The number of urea groups is 1. The molecule has 0 saturated heterocycles. The van der Waals surface area contributed by atoms with E-state index in [4.69, 9.17) is 11.6 Å². The minimum atomic E-state index is -4.25. The van der Waals surface area contributed by atoms with E-state index in [1.807, 2.05) is 0 Å². The number of para-hydroxylation sites is 1. The number of hydrogen-bond acceptors (Lipinski definition) is 3. The monoisotopic (exact) mass is 434 g/mol. The normalized spacial score (nSPS) is 15.3. The summed E-state index contributed by atoms with van der Waals surface area (Å²) in [6, 6.07) is 13.6. The van der Waals surface area contributed by atoms with Crippen LogP contribution < -0.4 is 9.21 Å². The Morgan fingerprint density at radius 3 is 2.28 bits per heavy atom. The number of carbonyl (C=O) groups is 1. The van der Waals surface area contributed by atoms with Gasteiger partial charge in [-0.1, -0.05) is 29.8 Å². The highest BCUT2D eigenvalue weighted by Gasteiger charge is 2.42. The topological polar surface area (TPSA) is 57.7 Å². The van der Waals surface area contributed by atoms with E-state index in [-0.39, 0.29) is 33.4 Å². The molecule has 1 aliphatic heterocycles. The van der Waals surface area contributed by atoms with Gasteiger partial charge in [0.1, 0.15) is 16.5 Å². The molecule has 148 valence electrons. The average Bonchev–Trinajstić information content (AvgIpc) is 2.68. The predicted octanol–water partition coefficient (Wildman–Crippen LogP) is 4.95. The van der Waals surface area contributed by atoms with E-state index in [1.165, 1.54) is 48.5 Å². The summed E-state index contributed by atoms with van der Waals surface area (Å²) >= 11 is 6.10. The van der Waals surface area contributed by atoms with Crippen molar-refractivity contribution in [3.05, 3.63) is 89.0 Å². The molecule has 0 atom stereocenters. The molecule has 0 unspecified atom stereocenters. The first-order valence-electron chi connectivity index (χ1n) is 8.45. The summed E-state index contributed by atoms with van der Waals surface area (Å²) in [5.74, 6) is -1.20. The highest BCUT2D eigenvalue weighted by atomic mass is 35.5. The van der Waals surface area contributed by atoms with Crippen molar-refractivity contribution in [3.63, 3.8) is 0 Å². The third-order valence-electron chi connectivity index (χ3n) is 4.52. The molecule has 0 fully saturated rings. The van der Waals surface area contributed by atoms with Crippen molar-refractivity contribution < 1.29 is 22.0 Å². The number of sulfonamides is 1. The molecule has 0 saturated carbocycles. The number of carbonyl (C=O) groups excluding carboxylic acids is 1. The number of amides is 2. The van der Waals surface area contributed by atoms with Gasteiger partial charge in [-0.25, -0.2) is 22.0 Å². The van der Waals surface area contributed by atoms with Crippen LogP contribution in [0.1, 0.15) is 5.56 Å². The Bertz CT molecular complexity index is 1200. The third kappa shape index (κ3) is 3.24. The fraction of sp³-hybridized carbons (Fsp3) is 0.0500. The van der Waals surface area contributed by atoms with E-state index < -0.39 is 27.7 Å². The number of anilines is 2. The summed E-state index contributed by atoms with van der Waals surface area (Å²) in [6.45, 7) is -0.283. The number of halogens is 3. The van der Waals surface area contributed by atoms with Gasteiger partial charge in [0.15, 0.2) is 0 Å². The number of benzene rings is 3. The molecule has 4 rings (SSSR count).